The van der Waals surface area contributed by atoms with Gasteiger partial charge in [0.1, 0.15) is 11.8 Å². The molecule has 0 saturated carbocycles. The summed E-state index contributed by atoms with van der Waals surface area (Å²) in [5.74, 6) is 0. The Morgan fingerprint density at radius 3 is 2.50 bits per heavy atom. The highest BCUT2D eigenvalue weighted by Crippen LogP contribution is 2.32. The Bertz CT molecular complexity index is 628. The van der Waals surface area contributed by atoms with Crippen LogP contribution in [0.25, 0.3) is 0 Å². The summed E-state index contributed by atoms with van der Waals surface area (Å²) in [6.45, 7) is 5.23. The topological polar surface area (TPSA) is 41.6 Å². The number of rotatable bonds is 3. The molecule has 1 fully saturated rings. The molecule has 1 aliphatic rings. The van der Waals surface area contributed by atoms with Crippen molar-refractivity contribution < 1.29 is 27.1 Å². The maximum Gasteiger partial charge on any atom is 0.416 e. The van der Waals surface area contributed by atoms with E-state index in [9.17, 15) is 22.4 Å². The van der Waals surface area contributed by atoms with E-state index >= 15 is 0 Å². The average molecular weight is 376 g/mol. The zero-order valence-corrected chi connectivity index (χ0v) is 15.1. The van der Waals surface area contributed by atoms with Crippen molar-refractivity contribution in [3.05, 3.63) is 35.4 Å². The fourth-order valence-corrected chi connectivity index (χ4v) is 2.82. The minimum absolute atomic E-state index is 0.0711. The monoisotopic (exact) mass is 376 g/mol. The third kappa shape index (κ3) is 5.59. The second kappa shape index (κ2) is 7.82. The van der Waals surface area contributed by atoms with Gasteiger partial charge < -0.3 is 15.0 Å². The van der Waals surface area contributed by atoms with Crippen LogP contribution in [0, 0.1) is 0 Å². The Kier molecular flexibility index (Phi) is 6.16. The van der Waals surface area contributed by atoms with Gasteiger partial charge in [-0.3, -0.25) is 0 Å². The van der Waals surface area contributed by atoms with Gasteiger partial charge in [0.05, 0.1) is 12.1 Å². The minimum Gasteiger partial charge on any atom is -0.444 e. The van der Waals surface area contributed by atoms with Crippen LogP contribution in [-0.2, 0) is 17.5 Å². The standard InChI is InChI=1S/C18H24F4N2O2/c1-17(2,3)26-16(25)24-9-8-15(14(19)11-24)23-10-12-6-4-5-7-13(12)18(20,21)22/h4-7,14-15,23H,8-11H2,1-3H3/t14-,15+/m0/s1. The fraction of sp³-hybridized carbons (Fsp3) is 0.611. The van der Waals surface area contributed by atoms with Crippen LogP contribution in [0.2, 0.25) is 0 Å². The number of carbonyl (C=O) groups is 1. The number of alkyl halides is 4. The molecule has 1 N–H and O–H groups in total. The molecule has 1 aromatic carbocycles. The van der Waals surface area contributed by atoms with Crippen LogP contribution in [0.5, 0.6) is 0 Å². The normalized spacial score (nSPS) is 21.6. The predicted molar refractivity (Wildman–Crippen MR) is 89.4 cm³/mol. The van der Waals surface area contributed by atoms with Crippen LogP contribution in [0.15, 0.2) is 24.3 Å². The summed E-state index contributed by atoms with van der Waals surface area (Å²) in [6, 6.07) is 4.61. The Hall–Kier alpha value is -1.83. The third-order valence-electron chi connectivity index (χ3n) is 4.07. The van der Waals surface area contributed by atoms with Gasteiger partial charge in [0, 0.05) is 19.1 Å². The summed E-state index contributed by atoms with van der Waals surface area (Å²) in [7, 11) is 0. The number of amides is 1. The smallest absolute Gasteiger partial charge is 0.416 e. The molecule has 2 atom stereocenters. The van der Waals surface area contributed by atoms with Gasteiger partial charge in [0.25, 0.3) is 0 Å². The van der Waals surface area contributed by atoms with Gasteiger partial charge in [-0.25, -0.2) is 9.18 Å². The number of likely N-dealkylation sites (tertiary alicyclic amines) is 1. The Balaban J connectivity index is 1.93. The molecule has 8 heteroatoms. The summed E-state index contributed by atoms with van der Waals surface area (Å²) >= 11 is 0. The maximum atomic E-state index is 14.4. The molecule has 1 amide bonds. The predicted octanol–water partition coefficient (Wildman–Crippen LogP) is 4.14. The molecule has 0 spiro atoms. The molecule has 1 saturated heterocycles. The third-order valence-corrected chi connectivity index (χ3v) is 4.07. The van der Waals surface area contributed by atoms with Crippen molar-refractivity contribution in [2.45, 2.75) is 57.7 Å². The summed E-state index contributed by atoms with van der Waals surface area (Å²) in [5.41, 5.74) is -1.32. The second-order valence-corrected chi connectivity index (χ2v) is 7.37. The minimum atomic E-state index is -4.45. The maximum absolute atomic E-state index is 14.4. The van der Waals surface area contributed by atoms with E-state index in [1.807, 2.05) is 0 Å². The van der Waals surface area contributed by atoms with Crippen molar-refractivity contribution in [3.8, 4) is 0 Å². The van der Waals surface area contributed by atoms with E-state index in [0.29, 0.717) is 6.42 Å². The number of benzene rings is 1. The molecule has 0 aromatic heterocycles. The molecular weight excluding hydrogens is 352 g/mol. The molecule has 0 bridgehead atoms. The van der Waals surface area contributed by atoms with Crippen LogP contribution < -0.4 is 5.32 Å². The largest absolute Gasteiger partial charge is 0.444 e. The highest BCUT2D eigenvalue weighted by atomic mass is 19.4. The number of carbonyl (C=O) groups excluding carboxylic acids is 1. The highest BCUT2D eigenvalue weighted by Gasteiger charge is 2.35. The lowest BCUT2D eigenvalue weighted by Crippen LogP contribution is -2.53. The van der Waals surface area contributed by atoms with E-state index in [2.05, 4.69) is 5.32 Å². The van der Waals surface area contributed by atoms with E-state index in [0.717, 1.165) is 6.07 Å². The second-order valence-electron chi connectivity index (χ2n) is 7.37. The number of nitrogens with zero attached hydrogens (tertiary/aromatic N) is 1. The molecule has 1 aromatic rings. The van der Waals surface area contributed by atoms with E-state index in [4.69, 9.17) is 4.74 Å². The summed E-state index contributed by atoms with van der Waals surface area (Å²) in [6.07, 6.45) is -6.11. The number of nitrogens with one attached hydrogen (secondary N) is 1. The van der Waals surface area contributed by atoms with Crippen molar-refractivity contribution in [2.75, 3.05) is 13.1 Å². The first-order chi connectivity index (χ1) is 12.0. The van der Waals surface area contributed by atoms with Crippen molar-refractivity contribution in [1.82, 2.24) is 10.2 Å². The quantitative estimate of drug-likeness (QED) is 0.806. The summed E-state index contributed by atoms with van der Waals surface area (Å²) in [4.78, 5) is 13.3. The molecule has 1 heterocycles. The number of hydrogen-bond acceptors (Lipinski definition) is 3. The Labute approximate surface area is 150 Å². The molecule has 1 aliphatic heterocycles. The van der Waals surface area contributed by atoms with Gasteiger partial charge in [-0.15, -0.1) is 0 Å². The molecule has 2 rings (SSSR count). The molecule has 146 valence electrons. The van der Waals surface area contributed by atoms with Crippen LogP contribution in [0.3, 0.4) is 0 Å². The van der Waals surface area contributed by atoms with E-state index in [1.165, 1.54) is 23.1 Å². The molecule has 0 unspecified atom stereocenters. The first-order valence-corrected chi connectivity index (χ1v) is 8.48. The summed E-state index contributed by atoms with van der Waals surface area (Å²) in [5, 5.41) is 2.85. The average Bonchev–Trinajstić information content (AvgIpc) is 2.51. The van der Waals surface area contributed by atoms with Crippen LogP contribution in [0.4, 0.5) is 22.4 Å². The first kappa shape index (κ1) is 20.5. The van der Waals surface area contributed by atoms with Gasteiger partial charge in [0.15, 0.2) is 0 Å². The molecule has 26 heavy (non-hydrogen) atoms. The van der Waals surface area contributed by atoms with E-state index < -0.39 is 35.6 Å². The Morgan fingerprint density at radius 2 is 1.92 bits per heavy atom. The summed E-state index contributed by atoms with van der Waals surface area (Å²) < 4.78 is 58.6. The number of halogens is 4. The van der Waals surface area contributed by atoms with Crippen molar-refractivity contribution in [1.29, 1.82) is 0 Å². The molecular formula is C18H24F4N2O2. The zero-order chi connectivity index (χ0) is 19.5. The van der Waals surface area contributed by atoms with Gasteiger partial charge in [0.2, 0.25) is 0 Å². The van der Waals surface area contributed by atoms with Gasteiger partial charge in [-0.1, -0.05) is 18.2 Å². The first-order valence-electron chi connectivity index (χ1n) is 8.48. The van der Waals surface area contributed by atoms with Crippen molar-refractivity contribution in [3.63, 3.8) is 0 Å². The highest BCUT2D eigenvalue weighted by molar-refractivity contribution is 5.68. The zero-order valence-electron chi connectivity index (χ0n) is 15.1. The van der Waals surface area contributed by atoms with E-state index in [1.54, 1.807) is 20.8 Å². The van der Waals surface area contributed by atoms with Gasteiger partial charge in [-0.2, -0.15) is 13.2 Å². The Morgan fingerprint density at radius 1 is 1.27 bits per heavy atom. The lowest BCUT2D eigenvalue weighted by atomic mass is 10.0. The van der Waals surface area contributed by atoms with Crippen LogP contribution in [0.1, 0.15) is 38.3 Å². The number of hydrogen-bond donors (Lipinski definition) is 1. The molecule has 0 aliphatic carbocycles. The lowest BCUT2D eigenvalue weighted by Gasteiger charge is -2.36. The molecule has 4 nitrogen and oxygen atoms in total. The fourth-order valence-electron chi connectivity index (χ4n) is 2.82. The van der Waals surface area contributed by atoms with Crippen molar-refractivity contribution in [2.24, 2.45) is 0 Å². The van der Waals surface area contributed by atoms with Gasteiger partial charge >= 0.3 is 12.3 Å². The molecule has 0 radical (unpaired) electrons. The van der Waals surface area contributed by atoms with Crippen LogP contribution >= 0.6 is 0 Å². The SMILES string of the molecule is CC(C)(C)OC(=O)N1CC[C@@H](NCc2ccccc2C(F)(F)F)[C@@H](F)C1. The van der Waals surface area contributed by atoms with Crippen molar-refractivity contribution >= 4 is 6.09 Å². The van der Waals surface area contributed by atoms with Gasteiger partial charge in [-0.05, 0) is 38.8 Å². The number of piperidine rings is 1. The lowest BCUT2D eigenvalue weighted by molar-refractivity contribution is -0.138. The number of ether oxygens (including phenoxy) is 1. The van der Waals surface area contributed by atoms with Crippen LogP contribution in [-0.4, -0.2) is 41.9 Å². The van der Waals surface area contributed by atoms with E-state index in [-0.39, 0.29) is 25.2 Å².